The third-order valence-electron chi connectivity index (χ3n) is 5.54. The lowest BCUT2D eigenvalue weighted by Crippen LogP contribution is -2.24. The number of nitrogens with one attached hydrogen (secondary N) is 1. The summed E-state index contributed by atoms with van der Waals surface area (Å²) in [4.78, 5) is 33.4. The number of aliphatic carboxylic acids is 1. The molecule has 0 saturated heterocycles. The van der Waals surface area contributed by atoms with Gasteiger partial charge in [0.1, 0.15) is 17.3 Å². The third kappa shape index (κ3) is 5.45. The zero-order valence-electron chi connectivity index (χ0n) is 18.9. The van der Waals surface area contributed by atoms with Crippen molar-refractivity contribution in [1.29, 1.82) is 0 Å². The number of pyridine rings is 1. The second kappa shape index (κ2) is 10.1. The maximum absolute atomic E-state index is 12.8. The van der Waals surface area contributed by atoms with Gasteiger partial charge in [-0.3, -0.25) is 9.78 Å². The number of H-pyrrole nitrogens is 1. The number of ether oxygens (including phenoxy) is 2. The average Bonchev–Trinajstić information content (AvgIpc) is 2.88. The number of hydrogen-bond donors (Lipinski definition) is 2. The molecule has 0 aliphatic carbocycles. The van der Waals surface area contributed by atoms with Gasteiger partial charge in [-0.2, -0.15) is 13.2 Å². The van der Waals surface area contributed by atoms with Crippen LogP contribution in [0, 0.1) is 0 Å². The number of carboxylic acids is 1. The molecule has 1 aliphatic heterocycles. The fourth-order valence-electron chi connectivity index (χ4n) is 3.75. The molecule has 0 spiro atoms. The Morgan fingerprint density at radius 1 is 1.11 bits per heavy atom. The lowest BCUT2D eigenvalue weighted by atomic mass is 9.95. The molecule has 0 amide bonds. The Morgan fingerprint density at radius 3 is 2.50 bits per heavy atom. The van der Waals surface area contributed by atoms with E-state index in [-0.39, 0.29) is 11.5 Å². The van der Waals surface area contributed by atoms with Crippen LogP contribution >= 0.6 is 0 Å². The molecule has 0 fully saturated rings. The van der Waals surface area contributed by atoms with Gasteiger partial charge >= 0.3 is 12.1 Å². The Morgan fingerprint density at radius 2 is 1.83 bits per heavy atom. The molecule has 4 aromatic rings. The van der Waals surface area contributed by atoms with E-state index in [1.165, 1.54) is 0 Å². The molecule has 2 N–H and O–H groups in total. The first-order chi connectivity index (χ1) is 17.2. The van der Waals surface area contributed by atoms with E-state index in [2.05, 4.69) is 9.97 Å². The van der Waals surface area contributed by atoms with Gasteiger partial charge in [0.15, 0.2) is 0 Å². The molecule has 36 heavy (non-hydrogen) atoms. The van der Waals surface area contributed by atoms with Gasteiger partial charge in [0.2, 0.25) is 0 Å². The number of rotatable bonds is 3. The van der Waals surface area contributed by atoms with Gasteiger partial charge in [-0.15, -0.1) is 0 Å². The fraction of sp³-hybridized carbons (Fsp3) is 0.200. The average molecular weight is 499 g/mol. The Balaban J connectivity index is 0.000000384. The molecule has 2 aromatic carbocycles. The van der Waals surface area contributed by atoms with Crippen LogP contribution in [0.3, 0.4) is 0 Å². The van der Waals surface area contributed by atoms with Crippen molar-refractivity contribution in [3.63, 3.8) is 0 Å². The van der Waals surface area contributed by atoms with Crippen LogP contribution < -0.4 is 15.0 Å². The molecule has 11 heteroatoms. The minimum Gasteiger partial charge on any atom is -0.497 e. The number of nitrogens with zero attached hydrogens (tertiary/aromatic N) is 2. The monoisotopic (exact) mass is 499 g/mol. The number of hydrogen-bond acceptors (Lipinski definition) is 6. The van der Waals surface area contributed by atoms with Crippen LogP contribution in [-0.2, 0) is 11.2 Å². The number of aromatic amines is 1. The van der Waals surface area contributed by atoms with Gasteiger partial charge in [0, 0.05) is 12.4 Å². The van der Waals surface area contributed by atoms with Gasteiger partial charge in [0.05, 0.1) is 30.5 Å². The van der Waals surface area contributed by atoms with Crippen molar-refractivity contribution < 1.29 is 32.5 Å². The highest BCUT2D eigenvalue weighted by Gasteiger charge is 2.38. The van der Waals surface area contributed by atoms with Gasteiger partial charge in [-0.05, 0) is 65.6 Å². The summed E-state index contributed by atoms with van der Waals surface area (Å²) >= 11 is 0. The van der Waals surface area contributed by atoms with E-state index in [1.54, 1.807) is 19.5 Å². The van der Waals surface area contributed by atoms with E-state index in [0.29, 0.717) is 23.3 Å². The number of aromatic nitrogens is 3. The van der Waals surface area contributed by atoms with Crippen LogP contribution in [0.4, 0.5) is 13.2 Å². The lowest BCUT2D eigenvalue weighted by Gasteiger charge is -2.25. The first-order valence-electron chi connectivity index (χ1n) is 10.7. The van der Waals surface area contributed by atoms with Crippen LogP contribution in [0.1, 0.15) is 17.3 Å². The molecule has 0 radical (unpaired) electrons. The Hall–Kier alpha value is -4.41. The van der Waals surface area contributed by atoms with Crippen molar-refractivity contribution in [3.05, 3.63) is 82.7 Å². The Labute approximate surface area is 202 Å². The SMILES string of the molecule is COc1ccc2c(c1)CC(c1nc3ccc(-c4ccncc4)cc3c(=O)[nH]1)CO2.O=C(O)C(F)(F)F. The van der Waals surface area contributed by atoms with E-state index >= 15 is 0 Å². The number of benzene rings is 2. The van der Waals surface area contributed by atoms with Gasteiger partial charge in [-0.25, -0.2) is 9.78 Å². The van der Waals surface area contributed by atoms with Crippen LogP contribution in [0.2, 0.25) is 0 Å². The maximum atomic E-state index is 12.8. The molecule has 5 rings (SSSR count). The second-order valence-electron chi connectivity index (χ2n) is 7.91. The summed E-state index contributed by atoms with van der Waals surface area (Å²) in [7, 11) is 1.64. The molecular weight excluding hydrogens is 479 g/mol. The van der Waals surface area contributed by atoms with Crippen molar-refractivity contribution in [2.45, 2.75) is 18.5 Å². The summed E-state index contributed by atoms with van der Waals surface area (Å²) < 4.78 is 42.9. The zero-order chi connectivity index (χ0) is 25.9. The summed E-state index contributed by atoms with van der Waals surface area (Å²) in [6.45, 7) is 0.475. The topological polar surface area (TPSA) is 114 Å². The minimum atomic E-state index is -5.08. The Kier molecular flexibility index (Phi) is 6.91. The number of methoxy groups -OCH3 is 1. The van der Waals surface area contributed by atoms with Crippen molar-refractivity contribution in [2.75, 3.05) is 13.7 Å². The summed E-state index contributed by atoms with van der Waals surface area (Å²) in [5.41, 5.74) is 3.56. The number of fused-ring (bicyclic) bond motifs is 2. The predicted octanol–water partition coefficient (Wildman–Crippen LogP) is 4.35. The van der Waals surface area contributed by atoms with Gasteiger partial charge in [-0.1, -0.05) is 6.07 Å². The lowest BCUT2D eigenvalue weighted by molar-refractivity contribution is -0.192. The highest BCUT2D eigenvalue weighted by Crippen LogP contribution is 2.34. The number of halogens is 3. The summed E-state index contributed by atoms with van der Waals surface area (Å²) in [5.74, 6) is -0.490. The zero-order valence-corrected chi connectivity index (χ0v) is 18.9. The highest BCUT2D eigenvalue weighted by molar-refractivity contribution is 5.83. The molecule has 0 saturated carbocycles. The van der Waals surface area contributed by atoms with Crippen LogP contribution in [-0.4, -0.2) is 45.9 Å². The molecule has 0 bridgehead atoms. The van der Waals surface area contributed by atoms with Crippen molar-refractivity contribution in [3.8, 4) is 22.6 Å². The van der Waals surface area contributed by atoms with Crippen LogP contribution in [0.25, 0.3) is 22.0 Å². The number of carboxylic acid groups (broad SMARTS) is 1. The molecule has 1 atom stereocenters. The molecule has 1 unspecified atom stereocenters. The smallest absolute Gasteiger partial charge is 0.490 e. The minimum absolute atomic E-state index is 0.0217. The molecule has 8 nitrogen and oxygen atoms in total. The number of alkyl halides is 3. The standard InChI is InChI=1S/C23H19N3O3.C2HF3O2/c1-28-18-3-5-21-16(11-18)10-17(13-29-21)22-25-20-4-2-15(12-19(20)23(27)26-22)14-6-8-24-9-7-14;3-2(4,5)1(6)7/h2-9,11-12,17H,10,13H2,1H3,(H,25,26,27);(H,6,7). The summed E-state index contributed by atoms with van der Waals surface area (Å²) in [6, 6.07) is 15.4. The van der Waals surface area contributed by atoms with Gasteiger partial charge in [0.25, 0.3) is 5.56 Å². The maximum Gasteiger partial charge on any atom is 0.490 e. The van der Waals surface area contributed by atoms with E-state index in [0.717, 1.165) is 34.6 Å². The molecule has 1 aliphatic rings. The van der Waals surface area contributed by atoms with Gasteiger partial charge < -0.3 is 19.6 Å². The molecule has 2 aromatic heterocycles. The molecule has 186 valence electrons. The number of carbonyl (C=O) groups is 1. The second-order valence-corrected chi connectivity index (χ2v) is 7.91. The Bertz CT molecular complexity index is 1460. The van der Waals surface area contributed by atoms with E-state index in [9.17, 15) is 18.0 Å². The van der Waals surface area contributed by atoms with Crippen LogP contribution in [0.15, 0.2) is 65.7 Å². The quantitative estimate of drug-likeness (QED) is 0.431. The highest BCUT2D eigenvalue weighted by atomic mass is 19.4. The summed E-state index contributed by atoms with van der Waals surface area (Å²) in [5, 5.41) is 7.70. The van der Waals surface area contributed by atoms with E-state index < -0.39 is 12.1 Å². The van der Waals surface area contributed by atoms with E-state index in [4.69, 9.17) is 24.4 Å². The summed E-state index contributed by atoms with van der Waals surface area (Å²) in [6.07, 6.45) is -0.877. The normalized spacial score (nSPS) is 14.7. The fourth-order valence-corrected chi connectivity index (χ4v) is 3.75. The van der Waals surface area contributed by atoms with Crippen molar-refractivity contribution >= 4 is 16.9 Å². The van der Waals surface area contributed by atoms with Crippen LogP contribution in [0.5, 0.6) is 11.5 Å². The molecule has 3 heterocycles. The molecular formula is C25H20F3N3O5. The van der Waals surface area contributed by atoms with Crippen molar-refractivity contribution in [2.24, 2.45) is 0 Å². The first kappa shape index (κ1) is 24.7. The van der Waals surface area contributed by atoms with Crippen molar-refractivity contribution in [1.82, 2.24) is 15.0 Å². The predicted molar refractivity (Wildman–Crippen MR) is 124 cm³/mol. The largest absolute Gasteiger partial charge is 0.497 e. The first-order valence-corrected chi connectivity index (χ1v) is 10.7. The van der Waals surface area contributed by atoms with E-state index in [1.807, 2.05) is 48.5 Å². The third-order valence-corrected chi connectivity index (χ3v) is 5.54.